The van der Waals surface area contributed by atoms with E-state index in [2.05, 4.69) is 10.3 Å². The number of nitrogens with two attached hydrogens (primary N) is 1. The summed E-state index contributed by atoms with van der Waals surface area (Å²) < 4.78 is 5.34. The lowest BCUT2D eigenvalue weighted by atomic mass is 9.98. The summed E-state index contributed by atoms with van der Waals surface area (Å²) in [7, 11) is 3.99. The van der Waals surface area contributed by atoms with Crippen molar-refractivity contribution in [3.63, 3.8) is 0 Å². The van der Waals surface area contributed by atoms with Crippen molar-refractivity contribution < 1.29 is 9.53 Å². The fourth-order valence-electron chi connectivity index (χ4n) is 3.28. The zero-order chi connectivity index (χ0) is 17.5. The number of nitrogens with one attached hydrogen (secondary N) is 1. The van der Waals surface area contributed by atoms with Crippen molar-refractivity contribution in [1.82, 2.24) is 10.3 Å². The Hall–Kier alpha value is -0.440. The molecule has 0 bridgehead atoms. The zero-order valence-corrected chi connectivity index (χ0v) is 16.9. The minimum absolute atomic E-state index is 0.0589. The number of hydrogen-bond donors (Lipinski definition) is 2. The molecular weight excluding hydrogens is 374 g/mol. The number of hydrogen-bond acceptors (Lipinski definition) is 8. The highest BCUT2D eigenvalue weighted by atomic mass is 33.1. The van der Waals surface area contributed by atoms with Gasteiger partial charge in [0.25, 0.3) is 0 Å². The number of fused-ring (bicyclic) bond motifs is 1. The van der Waals surface area contributed by atoms with Crippen LogP contribution in [0.25, 0.3) is 0 Å². The van der Waals surface area contributed by atoms with Crippen LogP contribution in [0.3, 0.4) is 0 Å². The third-order valence-electron chi connectivity index (χ3n) is 4.64. The second-order valence-electron chi connectivity index (χ2n) is 6.61. The Morgan fingerprint density at radius 1 is 1.36 bits per heavy atom. The first-order chi connectivity index (χ1) is 12.2. The van der Waals surface area contributed by atoms with Crippen LogP contribution in [0, 0.1) is 0 Å². The van der Waals surface area contributed by atoms with E-state index in [9.17, 15) is 4.79 Å². The van der Waals surface area contributed by atoms with E-state index < -0.39 is 0 Å². The summed E-state index contributed by atoms with van der Waals surface area (Å²) >= 11 is 1.60. The summed E-state index contributed by atoms with van der Waals surface area (Å²) in [6.07, 6.45) is 8.23. The van der Waals surface area contributed by atoms with Gasteiger partial charge in [0, 0.05) is 34.9 Å². The number of nitrogens with zero attached hydrogens (tertiary/aromatic N) is 1. The maximum Gasteiger partial charge on any atom is 0.305 e. The topological polar surface area (TPSA) is 77.2 Å². The molecule has 0 unspecified atom stereocenters. The van der Waals surface area contributed by atoms with Crippen molar-refractivity contribution >= 4 is 44.0 Å². The lowest BCUT2D eigenvalue weighted by Gasteiger charge is -2.22. The van der Waals surface area contributed by atoms with Gasteiger partial charge in [0.15, 0.2) is 5.13 Å². The number of nitrogen functional groups attached to an aromatic ring is 1. The molecule has 1 saturated heterocycles. The normalized spacial score (nSPS) is 22.7. The summed E-state index contributed by atoms with van der Waals surface area (Å²) in [5.74, 6) is 1.22. The van der Waals surface area contributed by atoms with Gasteiger partial charge in [-0.3, -0.25) is 4.79 Å². The molecule has 2 heterocycles. The number of aryl methyl sites for hydroxylation is 1. The second kappa shape index (κ2) is 10.0. The number of anilines is 1. The average Bonchev–Trinajstić information content (AvgIpc) is 3.23. The number of carbonyl (C=O) groups is 1. The first-order valence-corrected chi connectivity index (χ1v) is 12.3. The molecular formula is C17H27N3O2S3. The van der Waals surface area contributed by atoms with E-state index in [0.29, 0.717) is 24.2 Å². The highest BCUT2D eigenvalue weighted by Crippen LogP contribution is 2.39. The molecule has 0 saturated carbocycles. The number of aromatic nitrogens is 1. The minimum atomic E-state index is -0.0589. The first kappa shape index (κ1) is 19.3. The molecule has 0 radical (unpaired) electrons. The molecule has 2 atom stereocenters. The average molecular weight is 402 g/mol. The van der Waals surface area contributed by atoms with Gasteiger partial charge < -0.3 is 15.8 Å². The van der Waals surface area contributed by atoms with Crippen molar-refractivity contribution in [3.05, 3.63) is 10.6 Å². The van der Waals surface area contributed by atoms with E-state index in [1.807, 2.05) is 21.6 Å². The van der Waals surface area contributed by atoms with E-state index in [1.165, 1.54) is 29.2 Å². The molecule has 1 fully saturated rings. The zero-order valence-electron chi connectivity index (χ0n) is 14.5. The van der Waals surface area contributed by atoms with Crippen LogP contribution < -0.4 is 11.1 Å². The summed E-state index contributed by atoms with van der Waals surface area (Å²) in [4.78, 5) is 17.4. The number of esters is 1. The molecule has 2 aliphatic rings. The molecule has 3 rings (SSSR count). The van der Waals surface area contributed by atoms with Gasteiger partial charge in [-0.05, 0) is 38.5 Å². The maximum atomic E-state index is 11.8. The third-order valence-corrected chi connectivity index (χ3v) is 8.59. The van der Waals surface area contributed by atoms with E-state index in [0.717, 1.165) is 43.9 Å². The van der Waals surface area contributed by atoms with Crippen LogP contribution >= 0.6 is 32.9 Å². The minimum Gasteiger partial charge on any atom is -0.464 e. The van der Waals surface area contributed by atoms with Crippen LogP contribution in [0.4, 0.5) is 5.13 Å². The molecule has 140 valence electrons. The first-order valence-electron chi connectivity index (χ1n) is 9.12. The van der Waals surface area contributed by atoms with Gasteiger partial charge in [0.1, 0.15) is 6.61 Å². The van der Waals surface area contributed by atoms with Crippen molar-refractivity contribution in [2.75, 3.05) is 24.6 Å². The highest BCUT2D eigenvalue weighted by Gasteiger charge is 2.21. The van der Waals surface area contributed by atoms with Crippen molar-refractivity contribution in [2.45, 2.75) is 62.7 Å². The Balaban J connectivity index is 1.21. The number of ether oxygens (including phenoxy) is 1. The van der Waals surface area contributed by atoms with Gasteiger partial charge >= 0.3 is 5.97 Å². The van der Waals surface area contributed by atoms with Gasteiger partial charge in [-0.25, -0.2) is 4.98 Å². The molecule has 3 N–H and O–H groups in total. The van der Waals surface area contributed by atoms with Gasteiger partial charge in [0.05, 0.1) is 5.69 Å². The van der Waals surface area contributed by atoms with Crippen LogP contribution in [0.2, 0.25) is 0 Å². The van der Waals surface area contributed by atoms with Crippen molar-refractivity contribution in [1.29, 1.82) is 0 Å². The second-order valence-corrected chi connectivity index (χ2v) is 10.5. The van der Waals surface area contributed by atoms with Crippen LogP contribution in [0.5, 0.6) is 0 Å². The van der Waals surface area contributed by atoms with Crippen molar-refractivity contribution in [2.24, 2.45) is 0 Å². The fraction of sp³-hybridized carbons (Fsp3) is 0.765. The molecule has 5 nitrogen and oxygen atoms in total. The highest BCUT2D eigenvalue weighted by molar-refractivity contribution is 8.77. The fourth-order valence-corrected chi connectivity index (χ4v) is 7.26. The smallest absolute Gasteiger partial charge is 0.305 e. The van der Waals surface area contributed by atoms with Crippen LogP contribution in [0.1, 0.15) is 49.1 Å². The lowest BCUT2D eigenvalue weighted by Crippen LogP contribution is -2.36. The molecule has 8 heteroatoms. The molecule has 1 aliphatic carbocycles. The molecule has 1 aromatic rings. The van der Waals surface area contributed by atoms with Gasteiger partial charge in [-0.2, -0.15) is 0 Å². The number of rotatable bonds is 9. The standard InChI is InChI=1S/C17H27N3O2S3/c18-17-20-14-6-5-12(11-15(14)24-17)19-8-9-22-16(21)4-2-1-3-13-7-10-23-25-13/h12-13,19H,1-11H2,(H2,18,20)/t12-,13+/m1/s1. The van der Waals surface area contributed by atoms with Crippen LogP contribution in [-0.2, 0) is 22.4 Å². The predicted octanol–water partition coefficient (Wildman–Crippen LogP) is 3.43. The molecule has 1 aliphatic heterocycles. The molecule has 0 aromatic carbocycles. The SMILES string of the molecule is Nc1nc2c(s1)C[C@H](NCCOC(=O)CCCC[C@H]1CCSS1)CC2. The summed E-state index contributed by atoms with van der Waals surface area (Å²) in [6.45, 7) is 1.18. The Morgan fingerprint density at radius 3 is 3.12 bits per heavy atom. The number of carbonyl (C=O) groups excluding carboxylic acids is 1. The predicted molar refractivity (Wildman–Crippen MR) is 108 cm³/mol. The monoisotopic (exact) mass is 401 g/mol. The molecule has 1 aromatic heterocycles. The van der Waals surface area contributed by atoms with E-state index >= 15 is 0 Å². The van der Waals surface area contributed by atoms with Crippen LogP contribution in [0.15, 0.2) is 0 Å². The summed E-state index contributed by atoms with van der Waals surface area (Å²) in [5.41, 5.74) is 6.94. The number of unbranched alkanes of at least 4 members (excludes halogenated alkanes) is 1. The Morgan fingerprint density at radius 2 is 2.28 bits per heavy atom. The summed E-state index contributed by atoms with van der Waals surface area (Å²) in [6, 6.07) is 0.438. The Labute approximate surface area is 161 Å². The van der Waals surface area contributed by atoms with Crippen molar-refractivity contribution in [3.8, 4) is 0 Å². The molecule has 25 heavy (non-hydrogen) atoms. The Kier molecular flexibility index (Phi) is 7.76. The lowest BCUT2D eigenvalue weighted by molar-refractivity contribution is -0.143. The van der Waals surface area contributed by atoms with Gasteiger partial charge in [0.2, 0.25) is 0 Å². The third kappa shape index (κ3) is 6.34. The Bertz CT molecular complexity index is 561. The molecule has 0 spiro atoms. The van der Waals surface area contributed by atoms with E-state index in [-0.39, 0.29) is 5.97 Å². The summed E-state index contributed by atoms with van der Waals surface area (Å²) in [5, 5.41) is 4.96. The number of thiazole rings is 1. The van der Waals surface area contributed by atoms with Gasteiger partial charge in [-0.15, -0.1) is 11.3 Å². The van der Waals surface area contributed by atoms with E-state index in [1.54, 1.807) is 11.3 Å². The van der Waals surface area contributed by atoms with Crippen LogP contribution in [-0.4, -0.2) is 41.1 Å². The molecule has 0 amide bonds. The van der Waals surface area contributed by atoms with E-state index in [4.69, 9.17) is 10.5 Å². The van der Waals surface area contributed by atoms with Gasteiger partial charge in [-0.1, -0.05) is 28.0 Å². The quantitative estimate of drug-likeness (QED) is 0.373. The largest absolute Gasteiger partial charge is 0.464 e. The maximum absolute atomic E-state index is 11.8.